The summed E-state index contributed by atoms with van der Waals surface area (Å²) in [6, 6.07) is 0. The number of hydrogen-bond acceptors (Lipinski definition) is 3. The van der Waals surface area contributed by atoms with Gasteiger partial charge in [-0.1, -0.05) is 25.4 Å². The third-order valence-electron chi connectivity index (χ3n) is 4.82. The fourth-order valence-corrected chi connectivity index (χ4v) is 3.41. The summed E-state index contributed by atoms with van der Waals surface area (Å²) in [5.74, 6) is -0.656. The Morgan fingerprint density at radius 2 is 2.00 bits per heavy atom. The molecule has 2 heterocycles. The minimum atomic E-state index is -0.656. The molecule has 5 nitrogen and oxygen atoms in total. The van der Waals surface area contributed by atoms with E-state index in [9.17, 15) is 9.90 Å². The van der Waals surface area contributed by atoms with Crippen LogP contribution in [0.25, 0.3) is 0 Å². The van der Waals surface area contributed by atoms with Gasteiger partial charge >= 0.3 is 5.97 Å². The lowest BCUT2D eigenvalue weighted by atomic mass is 9.76. The first kappa shape index (κ1) is 16.3. The number of likely N-dealkylation sites (tertiary alicyclic amines) is 1. The third kappa shape index (κ3) is 3.09. The zero-order valence-electron chi connectivity index (χ0n) is 13.0. The molecule has 1 aliphatic rings. The SMILES string of the molecule is CCc1nn(C)c(CN2CCC(CC)(C(=O)O)CC2)c1Cl. The number of aromatic nitrogens is 2. The molecule has 0 unspecified atom stereocenters. The molecular weight excluding hydrogens is 290 g/mol. The lowest BCUT2D eigenvalue weighted by Crippen LogP contribution is -2.43. The maximum absolute atomic E-state index is 11.5. The molecule has 0 saturated carbocycles. The standard InChI is InChI=1S/C15H24ClN3O2/c1-4-11-13(16)12(18(3)17-11)10-19-8-6-15(5-2,7-9-19)14(20)21/h4-10H2,1-3H3,(H,20,21). The van der Waals surface area contributed by atoms with Crippen LogP contribution in [0.4, 0.5) is 0 Å². The maximum atomic E-state index is 11.5. The van der Waals surface area contributed by atoms with E-state index in [-0.39, 0.29) is 0 Å². The van der Waals surface area contributed by atoms with Crippen LogP contribution < -0.4 is 0 Å². The average Bonchev–Trinajstić information content (AvgIpc) is 2.75. The van der Waals surface area contributed by atoms with E-state index in [0.717, 1.165) is 42.5 Å². The Labute approximate surface area is 130 Å². The highest BCUT2D eigenvalue weighted by molar-refractivity contribution is 6.31. The van der Waals surface area contributed by atoms with Crippen LogP contribution in [0.3, 0.4) is 0 Å². The molecule has 0 radical (unpaired) electrons. The maximum Gasteiger partial charge on any atom is 0.309 e. The summed E-state index contributed by atoms with van der Waals surface area (Å²) < 4.78 is 1.85. The van der Waals surface area contributed by atoms with Gasteiger partial charge in [-0.2, -0.15) is 5.10 Å². The lowest BCUT2D eigenvalue weighted by molar-refractivity contribution is -0.152. The molecule has 1 fully saturated rings. The van der Waals surface area contributed by atoms with Gasteiger partial charge in [0, 0.05) is 13.6 Å². The van der Waals surface area contributed by atoms with E-state index < -0.39 is 11.4 Å². The van der Waals surface area contributed by atoms with Crippen LogP contribution in [0.5, 0.6) is 0 Å². The van der Waals surface area contributed by atoms with Crippen LogP contribution in [0.2, 0.25) is 5.02 Å². The van der Waals surface area contributed by atoms with Crippen LogP contribution in [0, 0.1) is 5.41 Å². The number of aryl methyl sites for hydroxylation is 2. The van der Waals surface area contributed by atoms with Crippen LogP contribution in [0.15, 0.2) is 0 Å². The fourth-order valence-electron chi connectivity index (χ4n) is 3.06. The molecule has 1 aliphatic heterocycles. The van der Waals surface area contributed by atoms with Crippen molar-refractivity contribution in [3.63, 3.8) is 0 Å². The number of carbonyl (C=O) groups is 1. The number of hydrogen-bond donors (Lipinski definition) is 1. The summed E-state index contributed by atoms with van der Waals surface area (Å²) in [6.45, 7) is 6.34. The van der Waals surface area contributed by atoms with Crippen molar-refractivity contribution >= 4 is 17.6 Å². The van der Waals surface area contributed by atoms with Gasteiger partial charge in [-0.05, 0) is 38.8 Å². The van der Waals surface area contributed by atoms with Crippen molar-refractivity contribution < 1.29 is 9.90 Å². The average molecular weight is 314 g/mol. The van der Waals surface area contributed by atoms with Gasteiger partial charge in [0.1, 0.15) is 0 Å². The molecule has 1 aromatic heterocycles. The van der Waals surface area contributed by atoms with Gasteiger partial charge in [0.25, 0.3) is 0 Å². The highest BCUT2D eigenvalue weighted by Gasteiger charge is 2.39. The molecule has 6 heteroatoms. The number of carboxylic acid groups (broad SMARTS) is 1. The highest BCUT2D eigenvalue weighted by Crippen LogP contribution is 2.36. The molecule has 0 bridgehead atoms. The molecule has 118 valence electrons. The van der Waals surface area contributed by atoms with E-state index in [4.69, 9.17) is 11.6 Å². The first-order valence-electron chi connectivity index (χ1n) is 7.59. The van der Waals surface area contributed by atoms with E-state index in [2.05, 4.69) is 10.00 Å². The zero-order valence-corrected chi connectivity index (χ0v) is 13.8. The Bertz CT molecular complexity index is 519. The van der Waals surface area contributed by atoms with Gasteiger partial charge in [-0.25, -0.2) is 0 Å². The molecule has 0 aliphatic carbocycles. The van der Waals surface area contributed by atoms with E-state index >= 15 is 0 Å². The number of nitrogens with zero attached hydrogens (tertiary/aromatic N) is 3. The first-order valence-corrected chi connectivity index (χ1v) is 7.97. The molecule has 0 atom stereocenters. The normalized spacial score (nSPS) is 18.9. The van der Waals surface area contributed by atoms with Gasteiger partial charge < -0.3 is 5.11 Å². The largest absolute Gasteiger partial charge is 0.481 e. The van der Waals surface area contributed by atoms with Crippen molar-refractivity contribution in [1.29, 1.82) is 0 Å². The summed E-state index contributed by atoms with van der Waals surface area (Å²) in [5.41, 5.74) is 1.41. The van der Waals surface area contributed by atoms with E-state index in [1.807, 2.05) is 25.6 Å². The number of carboxylic acids is 1. The summed E-state index contributed by atoms with van der Waals surface area (Å²) >= 11 is 6.38. The minimum absolute atomic E-state index is 0.540. The predicted molar refractivity (Wildman–Crippen MR) is 82.5 cm³/mol. The zero-order chi connectivity index (χ0) is 15.6. The quantitative estimate of drug-likeness (QED) is 0.908. The van der Waals surface area contributed by atoms with E-state index in [0.29, 0.717) is 19.3 Å². The van der Waals surface area contributed by atoms with Crippen LogP contribution in [-0.4, -0.2) is 38.8 Å². The lowest BCUT2D eigenvalue weighted by Gasteiger charge is -2.38. The molecule has 1 N–H and O–H groups in total. The van der Waals surface area contributed by atoms with Gasteiger partial charge in [0.15, 0.2) is 0 Å². The van der Waals surface area contributed by atoms with Crippen molar-refractivity contribution in [3.05, 3.63) is 16.4 Å². The Morgan fingerprint density at radius 1 is 1.38 bits per heavy atom. The topological polar surface area (TPSA) is 58.4 Å². The molecule has 2 rings (SSSR count). The second-order valence-electron chi connectivity index (χ2n) is 5.90. The Morgan fingerprint density at radius 3 is 2.43 bits per heavy atom. The first-order chi connectivity index (χ1) is 9.93. The second kappa shape index (κ2) is 6.36. The smallest absolute Gasteiger partial charge is 0.309 e. The predicted octanol–water partition coefficient (Wildman–Crippen LogP) is 2.71. The van der Waals surface area contributed by atoms with Crippen molar-refractivity contribution in [2.75, 3.05) is 13.1 Å². The van der Waals surface area contributed by atoms with Crippen molar-refractivity contribution in [3.8, 4) is 0 Å². The highest BCUT2D eigenvalue weighted by atomic mass is 35.5. The Hall–Kier alpha value is -1.07. The number of halogens is 1. The molecule has 0 amide bonds. The molecule has 0 aromatic carbocycles. The van der Waals surface area contributed by atoms with Gasteiger partial charge in [-0.15, -0.1) is 0 Å². The molecular formula is C15H24ClN3O2. The van der Waals surface area contributed by atoms with E-state index in [1.54, 1.807) is 0 Å². The fraction of sp³-hybridized carbons (Fsp3) is 0.733. The van der Waals surface area contributed by atoms with Crippen molar-refractivity contribution in [2.45, 2.75) is 46.1 Å². The summed E-state index contributed by atoms with van der Waals surface area (Å²) in [5, 5.41) is 14.6. The van der Waals surface area contributed by atoms with Gasteiger partial charge in [0.05, 0.1) is 21.8 Å². The van der Waals surface area contributed by atoms with Crippen LogP contribution in [-0.2, 0) is 24.8 Å². The third-order valence-corrected chi connectivity index (χ3v) is 5.26. The molecule has 1 aromatic rings. The minimum Gasteiger partial charge on any atom is -0.481 e. The summed E-state index contributed by atoms with van der Waals surface area (Å²) in [6.07, 6.45) is 2.93. The van der Waals surface area contributed by atoms with Crippen molar-refractivity contribution in [1.82, 2.24) is 14.7 Å². The second-order valence-corrected chi connectivity index (χ2v) is 6.28. The van der Waals surface area contributed by atoms with Gasteiger partial charge in [0.2, 0.25) is 0 Å². The Kier molecular flexibility index (Phi) is 4.94. The van der Waals surface area contributed by atoms with Crippen LogP contribution in [0.1, 0.15) is 44.5 Å². The van der Waals surface area contributed by atoms with Crippen LogP contribution >= 0.6 is 11.6 Å². The summed E-state index contributed by atoms with van der Waals surface area (Å²) in [4.78, 5) is 13.7. The molecule has 21 heavy (non-hydrogen) atoms. The van der Waals surface area contributed by atoms with Gasteiger partial charge in [-0.3, -0.25) is 14.4 Å². The van der Waals surface area contributed by atoms with E-state index in [1.165, 1.54) is 0 Å². The molecule has 0 spiro atoms. The monoisotopic (exact) mass is 313 g/mol. The Balaban J connectivity index is 2.04. The number of rotatable bonds is 5. The summed E-state index contributed by atoms with van der Waals surface area (Å²) in [7, 11) is 1.91. The number of aliphatic carboxylic acids is 1. The van der Waals surface area contributed by atoms with Crippen molar-refractivity contribution in [2.24, 2.45) is 12.5 Å². The molecule has 1 saturated heterocycles. The number of piperidine rings is 1.